The van der Waals surface area contributed by atoms with E-state index in [4.69, 9.17) is 28.4 Å². The van der Waals surface area contributed by atoms with E-state index in [1.54, 1.807) is 0 Å². The maximum Gasteiger partial charge on any atom is 0.220 e. The predicted molar refractivity (Wildman–Crippen MR) is 360 cm³/mol. The molecular formula is C73H135NO18. The fourth-order valence-corrected chi connectivity index (χ4v) is 12.7. The Kier molecular flexibility index (Phi) is 50.3. The zero-order chi connectivity index (χ0) is 66.8. The SMILES string of the molecule is CCCCCCC/C=C\C/C=C\C/C=C\CCCCCCCCCCCCCCCCCCCCCCCCCCC(=O)NC(COC1OC(CO)C(OC2OC(CO)C(OC3OC(CO)C(O)C(O)C3O)C(O)C2O)C(O)C1O)C(O)CCCCCCCCCC. The van der Waals surface area contributed by atoms with Crippen LogP contribution in [0.1, 0.15) is 290 Å². The summed E-state index contributed by atoms with van der Waals surface area (Å²) < 4.78 is 34.3. The van der Waals surface area contributed by atoms with E-state index in [1.165, 1.54) is 199 Å². The molecule has 3 aliphatic heterocycles. The largest absolute Gasteiger partial charge is 0.394 e. The van der Waals surface area contributed by atoms with Gasteiger partial charge in [-0.15, -0.1) is 0 Å². The molecule has 19 nitrogen and oxygen atoms in total. The van der Waals surface area contributed by atoms with Gasteiger partial charge in [0.1, 0.15) is 73.2 Å². The third-order valence-electron chi connectivity index (χ3n) is 18.7. The van der Waals surface area contributed by atoms with Crippen molar-refractivity contribution < 1.29 is 89.4 Å². The Balaban J connectivity index is 1.24. The summed E-state index contributed by atoms with van der Waals surface area (Å²) in [5, 5.41) is 120. The van der Waals surface area contributed by atoms with Gasteiger partial charge in [-0.25, -0.2) is 0 Å². The van der Waals surface area contributed by atoms with Gasteiger partial charge in [-0.3, -0.25) is 4.79 Å². The molecule has 3 rings (SSSR count). The van der Waals surface area contributed by atoms with Gasteiger partial charge in [-0.2, -0.15) is 0 Å². The maximum atomic E-state index is 13.4. The molecule has 0 aromatic carbocycles. The zero-order valence-electron chi connectivity index (χ0n) is 57.3. The van der Waals surface area contributed by atoms with Crippen molar-refractivity contribution in [3.8, 4) is 0 Å². The number of rotatable bonds is 58. The topological polar surface area (TPSA) is 307 Å². The lowest BCUT2D eigenvalue weighted by Gasteiger charge is -2.48. The monoisotopic (exact) mass is 1310 g/mol. The van der Waals surface area contributed by atoms with Crippen molar-refractivity contribution in [2.24, 2.45) is 0 Å². The molecule has 3 aliphatic rings. The first-order valence-corrected chi connectivity index (χ1v) is 37.2. The summed E-state index contributed by atoms with van der Waals surface area (Å²) in [6.45, 7) is 1.75. The highest BCUT2D eigenvalue weighted by Crippen LogP contribution is 2.33. The number of allylic oxidation sites excluding steroid dienone is 6. The van der Waals surface area contributed by atoms with Crippen molar-refractivity contribution in [1.29, 1.82) is 0 Å². The Labute approximate surface area is 555 Å². The molecule has 0 aliphatic carbocycles. The summed E-state index contributed by atoms with van der Waals surface area (Å²) in [4.78, 5) is 13.4. The highest BCUT2D eigenvalue weighted by Gasteiger charge is 2.53. The van der Waals surface area contributed by atoms with Crippen molar-refractivity contribution in [1.82, 2.24) is 5.32 Å². The van der Waals surface area contributed by atoms with Crippen LogP contribution in [-0.4, -0.2) is 193 Å². The lowest BCUT2D eigenvalue weighted by Crippen LogP contribution is -2.66. The molecular weight excluding hydrogens is 1180 g/mol. The van der Waals surface area contributed by atoms with Crippen LogP contribution >= 0.6 is 0 Å². The summed E-state index contributed by atoms with van der Waals surface area (Å²) in [5.41, 5.74) is 0. The zero-order valence-corrected chi connectivity index (χ0v) is 57.3. The van der Waals surface area contributed by atoms with Crippen molar-refractivity contribution in [3.05, 3.63) is 36.5 Å². The van der Waals surface area contributed by atoms with E-state index in [9.17, 15) is 61.0 Å². The molecule has 0 saturated carbocycles. The number of amides is 1. The van der Waals surface area contributed by atoms with Gasteiger partial charge < -0.3 is 89.9 Å². The molecule has 0 radical (unpaired) electrons. The summed E-state index contributed by atoms with van der Waals surface area (Å²) in [7, 11) is 0. The van der Waals surface area contributed by atoms with Gasteiger partial charge in [0, 0.05) is 6.42 Å². The third-order valence-corrected chi connectivity index (χ3v) is 18.7. The molecule has 0 aromatic rings. The minimum absolute atomic E-state index is 0.242. The van der Waals surface area contributed by atoms with E-state index in [2.05, 4.69) is 55.6 Å². The lowest BCUT2D eigenvalue weighted by atomic mass is 9.96. The molecule has 17 unspecified atom stereocenters. The van der Waals surface area contributed by atoms with E-state index in [0.29, 0.717) is 12.8 Å². The highest BCUT2D eigenvalue weighted by molar-refractivity contribution is 5.76. The minimum Gasteiger partial charge on any atom is -0.394 e. The van der Waals surface area contributed by atoms with Crippen LogP contribution in [0.2, 0.25) is 0 Å². The van der Waals surface area contributed by atoms with E-state index < -0.39 is 124 Å². The van der Waals surface area contributed by atoms with Crippen LogP contribution in [0.15, 0.2) is 36.5 Å². The number of aliphatic hydroxyl groups is 11. The molecule has 17 atom stereocenters. The first-order chi connectivity index (χ1) is 44.8. The van der Waals surface area contributed by atoms with Crippen LogP contribution in [0.5, 0.6) is 0 Å². The van der Waals surface area contributed by atoms with Crippen molar-refractivity contribution in [2.75, 3.05) is 26.4 Å². The number of hydrogen-bond donors (Lipinski definition) is 12. The van der Waals surface area contributed by atoms with Gasteiger partial charge in [0.2, 0.25) is 5.91 Å². The molecule has 0 aromatic heterocycles. The molecule has 540 valence electrons. The highest BCUT2D eigenvalue weighted by atomic mass is 16.8. The fourth-order valence-electron chi connectivity index (χ4n) is 12.7. The first kappa shape index (κ1) is 84.2. The minimum atomic E-state index is -1.97. The van der Waals surface area contributed by atoms with Crippen LogP contribution in [0.3, 0.4) is 0 Å². The van der Waals surface area contributed by atoms with Gasteiger partial charge >= 0.3 is 0 Å². The molecule has 92 heavy (non-hydrogen) atoms. The van der Waals surface area contributed by atoms with Crippen LogP contribution < -0.4 is 5.32 Å². The number of unbranched alkanes of at least 4 members (excludes halogenated alkanes) is 36. The van der Waals surface area contributed by atoms with Gasteiger partial charge in [-0.05, 0) is 51.4 Å². The average molecular weight is 1310 g/mol. The Bertz CT molecular complexity index is 1810. The molecule has 12 N–H and O–H groups in total. The quantitative estimate of drug-likeness (QED) is 0.0199. The van der Waals surface area contributed by atoms with Gasteiger partial charge in [0.05, 0.1) is 38.6 Å². The van der Waals surface area contributed by atoms with E-state index in [-0.39, 0.29) is 18.9 Å². The standard InChI is InChI=1S/C73H135NO18/c1-3-5-7-9-11-13-14-15-16-17-18-19-20-21-22-23-24-25-26-27-28-29-30-31-32-33-34-35-36-37-38-39-40-41-42-43-45-47-49-51-61(79)74-56(57(78)50-48-46-44-12-10-8-6-4-2)55-87-71-67(85)64(82)69(59(53-76)89-71)92-73-68(86)65(83)70(60(54-77)90-73)91-72-66(84)63(81)62(80)58(52-75)88-72/h14-15,17-18,20-21,56-60,62-73,75-78,80-86H,3-13,16,19,22-55H2,1-2H3,(H,74,79)/b15-14-,18-17-,21-20-. The van der Waals surface area contributed by atoms with Crippen molar-refractivity contribution in [2.45, 2.75) is 394 Å². The molecule has 3 saturated heterocycles. The lowest BCUT2D eigenvalue weighted by molar-refractivity contribution is -0.379. The summed E-state index contributed by atoms with van der Waals surface area (Å²) in [6.07, 6.45) is 38.8. The van der Waals surface area contributed by atoms with Crippen molar-refractivity contribution in [3.63, 3.8) is 0 Å². The van der Waals surface area contributed by atoms with Gasteiger partial charge in [0.15, 0.2) is 18.9 Å². The van der Waals surface area contributed by atoms with Gasteiger partial charge in [0.25, 0.3) is 0 Å². The van der Waals surface area contributed by atoms with E-state index in [1.807, 2.05) is 0 Å². The molecule has 0 bridgehead atoms. The number of ether oxygens (including phenoxy) is 6. The second kappa shape index (κ2) is 55.0. The summed E-state index contributed by atoms with van der Waals surface area (Å²) >= 11 is 0. The van der Waals surface area contributed by atoms with Crippen LogP contribution in [0.25, 0.3) is 0 Å². The normalized spacial score (nSPS) is 27.9. The van der Waals surface area contributed by atoms with Gasteiger partial charge in [-0.1, -0.05) is 269 Å². The summed E-state index contributed by atoms with van der Waals surface area (Å²) in [6, 6.07) is -0.882. The number of carbonyl (C=O) groups is 1. The second-order valence-corrected chi connectivity index (χ2v) is 26.8. The Morgan fingerprint density at radius 3 is 1.12 bits per heavy atom. The van der Waals surface area contributed by atoms with E-state index >= 15 is 0 Å². The third kappa shape index (κ3) is 36.0. The number of nitrogens with one attached hydrogen (secondary N) is 1. The average Bonchev–Trinajstić information content (AvgIpc) is 0.830. The number of carbonyl (C=O) groups excluding carboxylic acids is 1. The Morgan fingerprint density at radius 1 is 0.391 bits per heavy atom. The number of hydrogen-bond acceptors (Lipinski definition) is 18. The predicted octanol–water partition coefficient (Wildman–Crippen LogP) is 10.8. The Hall–Kier alpha value is -1.99. The molecule has 1 amide bonds. The molecule has 19 heteroatoms. The maximum absolute atomic E-state index is 13.4. The van der Waals surface area contributed by atoms with E-state index in [0.717, 1.165) is 57.8 Å². The number of aliphatic hydroxyl groups excluding tert-OH is 11. The van der Waals surface area contributed by atoms with Crippen LogP contribution in [0.4, 0.5) is 0 Å². The molecule has 0 spiro atoms. The summed E-state index contributed by atoms with van der Waals surface area (Å²) in [5.74, 6) is -0.242. The Morgan fingerprint density at radius 2 is 0.717 bits per heavy atom. The smallest absolute Gasteiger partial charge is 0.220 e. The fraction of sp³-hybridized carbons (Fsp3) is 0.904. The van der Waals surface area contributed by atoms with Crippen molar-refractivity contribution >= 4 is 5.91 Å². The first-order valence-electron chi connectivity index (χ1n) is 37.2. The van der Waals surface area contributed by atoms with Crippen LogP contribution in [0, 0.1) is 0 Å². The van der Waals surface area contributed by atoms with Crippen LogP contribution in [-0.2, 0) is 33.2 Å². The molecule has 3 heterocycles. The molecule has 3 fully saturated rings. The second-order valence-electron chi connectivity index (χ2n) is 26.8.